The predicted molar refractivity (Wildman–Crippen MR) is 86.8 cm³/mol. The molecule has 21 heavy (non-hydrogen) atoms. The van der Waals surface area contributed by atoms with Crippen LogP contribution < -0.4 is 5.32 Å². The zero-order valence-electron chi connectivity index (χ0n) is 14.2. The molecule has 4 heteroatoms. The molecule has 1 spiro atoms. The molecule has 2 fully saturated rings. The largest absolute Gasteiger partial charge is 0.382 e. The summed E-state index contributed by atoms with van der Waals surface area (Å²) in [5.74, 6) is 0. The first kappa shape index (κ1) is 17.2. The van der Waals surface area contributed by atoms with Crippen LogP contribution in [-0.2, 0) is 9.47 Å². The van der Waals surface area contributed by atoms with Gasteiger partial charge in [-0.05, 0) is 26.2 Å². The molecule has 0 amide bonds. The maximum Gasteiger partial charge on any atom is 0.0700 e. The van der Waals surface area contributed by atoms with Crippen LogP contribution >= 0.6 is 0 Å². The van der Waals surface area contributed by atoms with Crippen LogP contribution in [0, 0.1) is 0 Å². The maximum atomic E-state index is 5.70. The van der Waals surface area contributed by atoms with Gasteiger partial charge in [-0.25, -0.2) is 0 Å². The SMILES string of the molecule is CCC1(C)CNC2(CCCCC2)CN1CCOCCOC. The quantitative estimate of drug-likeness (QED) is 0.732. The van der Waals surface area contributed by atoms with Crippen LogP contribution in [-0.4, -0.2) is 62.5 Å². The third-order valence-corrected chi connectivity index (χ3v) is 5.61. The lowest BCUT2D eigenvalue weighted by Gasteiger charge is -2.54. The number of hydrogen-bond donors (Lipinski definition) is 1. The van der Waals surface area contributed by atoms with E-state index >= 15 is 0 Å². The van der Waals surface area contributed by atoms with Gasteiger partial charge in [-0.1, -0.05) is 26.2 Å². The summed E-state index contributed by atoms with van der Waals surface area (Å²) in [6.07, 6.45) is 8.05. The smallest absolute Gasteiger partial charge is 0.0700 e. The molecular formula is C17H34N2O2. The number of methoxy groups -OCH3 is 1. The van der Waals surface area contributed by atoms with Crippen LogP contribution in [0.2, 0.25) is 0 Å². The first-order chi connectivity index (χ1) is 10.1. The highest BCUT2D eigenvalue weighted by molar-refractivity contribution is 5.04. The maximum absolute atomic E-state index is 5.70. The molecule has 4 nitrogen and oxygen atoms in total. The van der Waals surface area contributed by atoms with E-state index < -0.39 is 0 Å². The van der Waals surface area contributed by atoms with Gasteiger partial charge in [-0.2, -0.15) is 0 Å². The Kier molecular flexibility index (Phi) is 6.48. The molecule has 1 unspecified atom stereocenters. The zero-order chi connectivity index (χ0) is 15.2. The molecule has 1 aliphatic carbocycles. The van der Waals surface area contributed by atoms with Crippen molar-refractivity contribution in [3.05, 3.63) is 0 Å². The second-order valence-corrected chi connectivity index (χ2v) is 7.07. The van der Waals surface area contributed by atoms with E-state index in [1.807, 2.05) is 0 Å². The van der Waals surface area contributed by atoms with Crippen molar-refractivity contribution in [2.75, 3.05) is 46.6 Å². The summed E-state index contributed by atoms with van der Waals surface area (Å²) in [5, 5.41) is 3.91. The Morgan fingerprint density at radius 1 is 1.10 bits per heavy atom. The lowest BCUT2D eigenvalue weighted by atomic mass is 9.77. The number of ether oxygens (including phenoxy) is 2. The van der Waals surface area contributed by atoms with E-state index in [0.717, 1.165) is 19.7 Å². The molecule has 1 atom stereocenters. The van der Waals surface area contributed by atoms with Crippen LogP contribution in [0.4, 0.5) is 0 Å². The van der Waals surface area contributed by atoms with E-state index in [1.165, 1.54) is 45.1 Å². The van der Waals surface area contributed by atoms with Crippen LogP contribution in [0.25, 0.3) is 0 Å². The van der Waals surface area contributed by atoms with Gasteiger partial charge in [0.2, 0.25) is 0 Å². The van der Waals surface area contributed by atoms with E-state index in [4.69, 9.17) is 9.47 Å². The molecular weight excluding hydrogens is 264 g/mol. The zero-order valence-corrected chi connectivity index (χ0v) is 14.2. The Morgan fingerprint density at radius 2 is 1.86 bits per heavy atom. The number of piperazine rings is 1. The Bertz CT molecular complexity index is 305. The van der Waals surface area contributed by atoms with Gasteiger partial charge >= 0.3 is 0 Å². The predicted octanol–water partition coefficient (Wildman–Crippen LogP) is 2.43. The molecule has 124 valence electrons. The molecule has 1 aliphatic heterocycles. The van der Waals surface area contributed by atoms with Gasteiger partial charge < -0.3 is 14.8 Å². The molecule has 1 heterocycles. The monoisotopic (exact) mass is 298 g/mol. The van der Waals surface area contributed by atoms with Crippen molar-refractivity contribution in [3.8, 4) is 0 Å². The van der Waals surface area contributed by atoms with Crippen molar-refractivity contribution in [2.24, 2.45) is 0 Å². The molecule has 0 radical (unpaired) electrons. The Balaban J connectivity index is 1.89. The minimum absolute atomic E-state index is 0.271. The summed E-state index contributed by atoms with van der Waals surface area (Å²) >= 11 is 0. The van der Waals surface area contributed by atoms with Crippen LogP contribution in [0.1, 0.15) is 52.4 Å². The fraction of sp³-hybridized carbons (Fsp3) is 1.00. The Labute approximate surface area is 130 Å². The fourth-order valence-corrected chi connectivity index (χ4v) is 3.78. The van der Waals surface area contributed by atoms with E-state index in [9.17, 15) is 0 Å². The average molecular weight is 298 g/mol. The average Bonchev–Trinajstić information content (AvgIpc) is 2.52. The van der Waals surface area contributed by atoms with Gasteiger partial charge in [0, 0.05) is 37.8 Å². The van der Waals surface area contributed by atoms with Crippen molar-refractivity contribution >= 4 is 0 Å². The molecule has 2 rings (SSSR count). The topological polar surface area (TPSA) is 33.7 Å². The van der Waals surface area contributed by atoms with E-state index in [-0.39, 0.29) is 5.54 Å². The van der Waals surface area contributed by atoms with Crippen LogP contribution in [0.3, 0.4) is 0 Å². The normalized spacial score (nSPS) is 29.9. The summed E-state index contributed by atoms with van der Waals surface area (Å²) in [7, 11) is 1.72. The van der Waals surface area contributed by atoms with Crippen molar-refractivity contribution in [2.45, 2.75) is 63.5 Å². The van der Waals surface area contributed by atoms with Gasteiger partial charge in [0.15, 0.2) is 0 Å². The molecule has 2 aliphatic rings. The highest BCUT2D eigenvalue weighted by Gasteiger charge is 2.44. The number of rotatable bonds is 7. The summed E-state index contributed by atoms with van der Waals surface area (Å²) < 4.78 is 10.7. The standard InChI is InChI=1S/C17H34N2O2/c1-4-16(2)14-18-17(8-6-5-7-9-17)15-19(16)10-11-21-13-12-20-3/h18H,4-15H2,1-3H3. The first-order valence-electron chi connectivity index (χ1n) is 8.71. The molecule has 1 saturated heterocycles. The summed E-state index contributed by atoms with van der Waals surface area (Å²) in [6.45, 7) is 10.2. The van der Waals surface area contributed by atoms with Gasteiger partial charge in [0.05, 0.1) is 19.8 Å². The van der Waals surface area contributed by atoms with Crippen LogP contribution in [0.15, 0.2) is 0 Å². The minimum Gasteiger partial charge on any atom is -0.382 e. The van der Waals surface area contributed by atoms with E-state index in [0.29, 0.717) is 18.8 Å². The third-order valence-electron chi connectivity index (χ3n) is 5.61. The third kappa shape index (κ3) is 4.41. The number of nitrogens with one attached hydrogen (secondary N) is 1. The number of nitrogens with zero attached hydrogens (tertiary/aromatic N) is 1. The lowest BCUT2D eigenvalue weighted by molar-refractivity contribution is -0.0239. The Morgan fingerprint density at radius 3 is 2.52 bits per heavy atom. The van der Waals surface area contributed by atoms with Crippen LogP contribution in [0.5, 0.6) is 0 Å². The van der Waals surface area contributed by atoms with Gasteiger partial charge in [-0.3, -0.25) is 4.90 Å². The first-order valence-corrected chi connectivity index (χ1v) is 8.71. The fourth-order valence-electron chi connectivity index (χ4n) is 3.78. The molecule has 0 aromatic carbocycles. The van der Waals surface area contributed by atoms with Crippen molar-refractivity contribution < 1.29 is 9.47 Å². The highest BCUT2D eigenvalue weighted by atomic mass is 16.5. The molecule has 0 aromatic rings. The summed E-state index contributed by atoms with van der Waals surface area (Å²) in [6, 6.07) is 0. The Hall–Kier alpha value is -0.160. The second kappa shape index (κ2) is 7.91. The molecule has 0 bridgehead atoms. The summed E-state index contributed by atoms with van der Waals surface area (Å²) in [5.41, 5.74) is 0.646. The molecule has 1 N–H and O–H groups in total. The van der Waals surface area contributed by atoms with E-state index in [2.05, 4.69) is 24.1 Å². The highest BCUT2D eigenvalue weighted by Crippen LogP contribution is 2.35. The summed E-state index contributed by atoms with van der Waals surface area (Å²) in [4.78, 5) is 2.68. The molecule has 0 aromatic heterocycles. The van der Waals surface area contributed by atoms with Gasteiger partial charge in [-0.15, -0.1) is 0 Å². The molecule has 1 saturated carbocycles. The minimum atomic E-state index is 0.271. The van der Waals surface area contributed by atoms with Crippen molar-refractivity contribution in [1.82, 2.24) is 10.2 Å². The van der Waals surface area contributed by atoms with Crippen molar-refractivity contribution in [1.29, 1.82) is 0 Å². The van der Waals surface area contributed by atoms with E-state index in [1.54, 1.807) is 7.11 Å². The lowest BCUT2D eigenvalue weighted by Crippen LogP contribution is -2.69. The van der Waals surface area contributed by atoms with Gasteiger partial charge in [0.1, 0.15) is 0 Å². The van der Waals surface area contributed by atoms with Crippen molar-refractivity contribution in [3.63, 3.8) is 0 Å². The van der Waals surface area contributed by atoms with Gasteiger partial charge in [0.25, 0.3) is 0 Å². The number of hydrogen-bond acceptors (Lipinski definition) is 4. The second-order valence-electron chi connectivity index (χ2n) is 7.07.